The van der Waals surface area contributed by atoms with E-state index >= 15 is 0 Å². The van der Waals surface area contributed by atoms with Gasteiger partial charge in [0.2, 0.25) is 0 Å². The number of hydrogen-bond acceptors (Lipinski definition) is 0. The Morgan fingerprint density at radius 3 is 1.65 bits per heavy atom. The second kappa shape index (κ2) is 10.1. The summed E-state index contributed by atoms with van der Waals surface area (Å²) in [6, 6.07) is 0. The van der Waals surface area contributed by atoms with Crippen molar-refractivity contribution in [2.24, 2.45) is 46.8 Å². The van der Waals surface area contributed by atoms with Gasteiger partial charge in [-0.25, -0.2) is 0 Å². The molecule has 0 heteroatoms. The zero-order chi connectivity index (χ0) is 18.4. The zero-order valence-electron chi connectivity index (χ0n) is 18.4. The van der Waals surface area contributed by atoms with Crippen molar-refractivity contribution in [2.75, 3.05) is 0 Å². The van der Waals surface area contributed by atoms with Crippen LogP contribution in [-0.4, -0.2) is 0 Å². The third kappa shape index (κ3) is 7.18. The van der Waals surface area contributed by atoms with Gasteiger partial charge in [0.15, 0.2) is 0 Å². The predicted molar refractivity (Wildman–Crippen MR) is 108 cm³/mol. The van der Waals surface area contributed by atoms with Crippen LogP contribution in [0.15, 0.2) is 0 Å². The molecule has 140 valence electrons. The van der Waals surface area contributed by atoms with Gasteiger partial charge in [-0.2, -0.15) is 0 Å². The molecule has 0 spiro atoms. The van der Waals surface area contributed by atoms with E-state index in [9.17, 15) is 0 Å². The second-order valence-electron chi connectivity index (χ2n) is 9.98. The smallest absolute Gasteiger partial charge is 0.0300 e. The molecule has 0 amide bonds. The molecule has 0 heterocycles. The van der Waals surface area contributed by atoms with Gasteiger partial charge >= 0.3 is 0 Å². The fraction of sp³-hybridized carbons (Fsp3) is 1.00. The van der Waals surface area contributed by atoms with Crippen LogP contribution in [0.3, 0.4) is 0 Å². The van der Waals surface area contributed by atoms with Crippen LogP contribution in [0.2, 0.25) is 0 Å². The van der Waals surface area contributed by atoms with E-state index in [-0.39, 0.29) is 0 Å². The molecule has 0 saturated heterocycles. The van der Waals surface area contributed by atoms with Crippen molar-refractivity contribution < 1.29 is 0 Å². The maximum absolute atomic E-state index is 2.52. The average molecular weight is 325 g/mol. The maximum atomic E-state index is 2.52. The van der Waals surface area contributed by atoms with E-state index in [2.05, 4.69) is 76.2 Å². The molecule has 0 aromatic carbocycles. The van der Waals surface area contributed by atoms with Crippen LogP contribution in [0, 0.1) is 46.8 Å². The minimum atomic E-state index is 0.421. The van der Waals surface area contributed by atoms with Crippen molar-refractivity contribution >= 4 is 0 Å². The Labute approximate surface area is 149 Å². The van der Waals surface area contributed by atoms with E-state index in [4.69, 9.17) is 0 Å². The molecule has 0 fully saturated rings. The van der Waals surface area contributed by atoms with Gasteiger partial charge in [0.05, 0.1) is 0 Å². The normalized spacial score (nSPS) is 19.7. The number of hydrogen-bond donors (Lipinski definition) is 0. The molecule has 0 bridgehead atoms. The Morgan fingerprint density at radius 1 is 0.739 bits per heavy atom. The number of rotatable bonds is 11. The first kappa shape index (κ1) is 23.0. The molecular formula is C23H48. The van der Waals surface area contributed by atoms with Crippen LogP contribution < -0.4 is 0 Å². The van der Waals surface area contributed by atoms with Gasteiger partial charge in [0, 0.05) is 0 Å². The minimum absolute atomic E-state index is 0.421. The zero-order valence-corrected chi connectivity index (χ0v) is 18.4. The highest BCUT2D eigenvalue weighted by molar-refractivity contribution is 4.86. The van der Waals surface area contributed by atoms with Gasteiger partial charge in [-0.15, -0.1) is 0 Å². The van der Waals surface area contributed by atoms with E-state index < -0.39 is 0 Å². The standard InChI is InChI=1S/C23H48/c1-12-13-18(6)14-22(17(4)5)15-19(7)23(10,11)21(9)20(8)16(2)3/h16-22H,12-15H2,1-11H3. The molecule has 0 aliphatic heterocycles. The quantitative estimate of drug-likeness (QED) is 0.360. The summed E-state index contributed by atoms with van der Waals surface area (Å²) in [5, 5.41) is 0. The summed E-state index contributed by atoms with van der Waals surface area (Å²) in [5.41, 5.74) is 0.421. The molecule has 0 aliphatic rings. The van der Waals surface area contributed by atoms with Crippen molar-refractivity contribution in [3.63, 3.8) is 0 Å². The third-order valence-corrected chi connectivity index (χ3v) is 7.37. The first-order valence-electron chi connectivity index (χ1n) is 10.4. The molecule has 0 aromatic heterocycles. The van der Waals surface area contributed by atoms with Gasteiger partial charge in [0.1, 0.15) is 0 Å². The monoisotopic (exact) mass is 324 g/mol. The Morgan fingerprint density at radius 2 is 1.26 bits per heavy atom. The van der Waals surface area contributed by atoms with E-state index in [1.807, 2.05) is 0 Å². The predicted octanol–water partition coefficient (Wildman–Crippen LogP) is 8.07. The van der Waals surface area contributed by atoms with Crippen LogP contribution in [-0.2, 0) is 0 Å². The lowest BCUT2D eigenvalue weighted by atomic mass is 9.62. The SMILES string of the molecule is CCCC(C)CC(CC(C)C(C)(C)C(C)C(C)C(C)C)C(C)C. The topological polar surface area (TPSA) is 0 Å². The Balaban J connectivity index is 4.92. The summed E-state index contributed by atoms with van der Waals surface area (Å²) in [5.74, 6) is 5.72. The van der Waals surface area contributed by atoms with Crippen molar-refractivity contribution in [3.05, 3.63) is 0 Å². The summed E-state index contributed by atoms with van der Waals surface area (Å²) in [6.07, 6.45) is 5.53. The molecule has 0 N–H and O–H groups in total. The molecule has 0 radical (unpaired) electrons. The first-order valence-corrected chi connectivity index (χ1v) is 10.4. The summed E-state index contributed by atoms with van der Waals surface area (Å²) in [7, 11) is 0. The van der Waals surface area contributed by atoms with Crippen molar-refractivity contribution in [3.8, 4) is 0 Å². The highest BCUT2D eigenvalue weighted by atomic mass is 14.4. The Kier molecular flexibility index (Phi) is 10.1. The molecule has 0 rings (SSSR count). The molecule has 0 nitrogen and oxygen atoms in total. The largest absolute Gasteiger partial charge is 0.0654 e. The van der Waals surface area contributed by atoms with E-state index in [0.717, 1.165) is 41.4 Å². The molecular weight excluding hydrogens is 276 g/mol. The van der Waals surface area contributed by atoms with Crippen molar-refractivity contribution in [2.45, 2.75) is 102 Å². The third-order valence-electron chi connectivity index (χ3n) is 7.37. The van der Waals surface area contributed by atoms with Gasteiger partial charge in [-0.05, 0) is 59.7 Å². The summed E-state index contributed by atoms with van der Waals surface area (Å²) >= 11 is 0. The van der Waals surface area contributed by atoms with Crippen molar-refractivity contribution in [1.29, 1.82) is 0 Å². The van der Waals surface area contributed by atoms with Crippen LogP contribution >= 0.6 is 0 Å². The van der Waals surface area contributed by atoms with Crippen LogP contribution in [0.4, 0.5) is 0 Å². The minimum Gasteiger partial charge on any atom is -0.0654 e. The molecule has 0 aliphatic carbocycles. The highest BCUT2D eigenvalue weighted by Crippen LogP contribution is 2.45. The molecule has 0 saturated carbocycles. The van der Waals surface area contributed by atoms with Crippen molar-refractivity contribution in [1.82, 2.24) is 0 Å². The lowest BCUT2D eigenvalue weighted by molar-refractivity contribution is 0.0549. The molecule has 23 heavy (non-hydrogen) atoms. The lowest BCUT2D eigenvalue weighted by Crippen LogP contribution is -2.36. The Hall–Kier alpha value is 0. The van der Waals surface area contributed by atoms with Gasteiger partial charge in [-0.3, -0.25) is 0 Å². The molecule has 0 aromatic rings. The van der Waals surface area contributed by atoms with Gasteiger partial charge in [-0.1, -0.05) is 89.0 Å². The second-order valence-corrected chi connectivity index (χ2v) is 9.98. The lowest BCUT2D eigenvalue weighted by Gasteiger charge is -2.44. The Bertz CT molecular complexity index is 299. The fourth-order valence-corrected chi connectivity index (χ4v) is 4.23. The maximum Gasteiger partial charge on any atom is -0.0300 e. The summed E-state index contributed by atoms with van der Waals surface area (Å²) in [6.45, 7) is 26.9. The van der Waals surface area contributed by atoms with Crippen LogP contribution in [0.1, 0.15) is 102 Å². The van der Waals surface area contributed by atoms with Crippen LogP contribution in [0.5, 0.6) is 0 Å². The fourth-order valence-electron chi connectivity index (χ4n) is 4.23. The van der Waals surface area contributed by atoms with Crippen LogP contribution in [0.25, 0.3) is 0 Å². The first-order chi connectivity index (χ1) is 10.4. The summed E-state index contributed by atoms with van der Waals surface area (Å²) in [4.78, 5) is 0. The van der Waals surface area contributed by atoms with E-state index in [1.165, 1.54) is 25.7 Å². The molecule has 5 unspecified atom stereocenters. The summed E-state index contributed by atoms with van der Waals surface area (Å²) < 4.78 is 0. The highest BCUT2D eigenvalue weighted by Gasteiger charge is 2.37. The molecule has 5 atom stereocenters. The van der Waals surface area contributed by atoms with Gasteiger partial charge in [0.25, 0.3) is 0 Å². The average Bonchev–Trinajstić information content (AvgIpc) is 2.44. The van der Waals surface area contributed by atoms with E-state index in [1.54, 1.807) is 0 Å². The van der Waals surface area contributed by atoms with Gasteiger partial charge < -0.3 is 0 Å². The van der Waals surface area contributed by atoms with E-state index in [0.29, 0.717) is 5.41 Å².